The van der Waals surface area contributed by atoms with E-state index in [0.717, 1.165) is 10.0 Å². The van der Waals surface area contributed by atoms with Crippen LogP contribution >= 0.6 is 27.5 Å². The molecule has 1 heterocycles. The van der Waals surface area contributed by atoms with Crippen LogP contribution < -0.4 is 4.74 Å². The van der Waals surface area contributed by atoms with Gasteiger partial charge in [-0.2, -0.15) is 0 Å². The van der Waals surface area contributed by atoms with E-state index in [1.165, 1.54) is 12.2 Å². The van der Waals surface area contributed by atoms with E-state index in [1.807, 2.05) is 30.3 Å². The predicted octanol–water partition coefficient (Wildman–Crippen LogP) is 6.07. The van der Waals surface area contributed by atoms with E-state index in [2.05, 4.69) is 20.9 Å². The Bertz CT molecular complexity index is 1280. The number of ether oxygens (including phenoxy) is 2. The van der Waals surface area contributed by atoms with Crippen molar-refractivity contribution in [2.45, 2.75) is 0 Å². The van der Waals surface area contributed by atoms with E-state index >= 15 is 0 Å². The van der Waals surface area contributed by atoms with Crippen LogP contribution in [-0.4, -0.2) is 17.8 Å². The lowest BCUT2D eigenvalue weighted by atomic mass is 10.1. The van der Waals surface area contributed by atoms with Gasteiger partial charge in [0.2, 0.25) is 5.90 Å². The number of hydrogen-bond donors (Lipinski definition) is 0. The Hall–Kier alpha value is -3.48. The van der Waals surface area contributed by atoms with Gasteiger partial charge in [-0.1, -0.05) is 70.0 Å². The third-order valence-corrected chi connectivity index (χ3v) is 5.23. The Balaban J connectivity index is 1.60. The SMILES string of the molecule is O=C(/C=C/c1ccccc1)Oc1ccc(Br)cc1/C=C1\N=C(c2ccccc2Cl)OC1=O. The molecule has 0 atom stereocenters. The van der Waals surface area contributed by atoms with Crippen molar-refractivity contribution in [3.8, 4) is 5.75 Å². The summed E-state index contributed by atoms with van der Waals surface area (Å²) in [6.07, 6.45) is 4.50. The fourth-order valence-electron chi connectivity index (χ4n) is 2.90. The van der Waals surface area contributed by atoms with Gasteiger partial charge in [-0.05, 0) is 48.0 Å². The molecule has 4 rings (SSSR count). The number of carbonyl (C=O) groups excluding carboxylic acids is 2. The van der Waals surface area contributed by atoms with Crippen molar-refractivity contribution in [1.29, 1.82) is 0 Å². The molecule has 7 heteroatoms. The highest BCUT2D eigenvalue weighted by Crippen LogP contribution is 2.29. The van der Waals surface area contributed by atoms with Gasteiger partial charge in [-0.15, -0.1) is 0 Å². The molecule has 0 bridgehead atoms. The number of carbonyl (C=O) groups is 2. The Morgan fingerprint density at radius 2 is 1.78 bits per heavy atom. The molecule has 32 heavy (non-hydrogen) atoms. The molecule has 0 saturated heterocycles. The van der Waals surface area contributed by atoms with Crippen molar-refractivity contribution < 1.29 is 19.1 Å². The van der Waals surface area contributed by atoms with E-state index in [0.29, 0.717) is 16.1 Å². The smallest absolute Gasteiger partial charge is 0.363 e. The van der Waals surface area contributed by atoms with Crippen molar-refractivity contribution >= 4 is 57.5 Å². The summed E-state index contributed by atoms with van der Waals surface area (Å²) >= 11 is 9.57. The second kappa shape index (κ2) is 9.77. The number of esters is 2. The van der Waals surface area contributed by atoms with Gasteiger partial charge in [0, 0.05) is 16.1 Å². The molecule has 0 saturated carbocycles. The molecule has 1 aliphatic heterocycles. The highest BCUT2D eigenvalue weighted by atomic mass is 79.9. The number of nitrogens with zero attached hydrogens (tertiary/aromatic N) is 1. The topological polar surface area (TPSA) is 65.0 Å². The maximum atomic E-state index is 12.4. The summed E-state index contributed by atoms with van der Waals surface area (Å²) in [5.74, 6) is -0.782. The molecule has 0 fully saturated rings. The van der Waals surface area contributed by atoms with E-state index < -0.39 is 11.9 Å². The molecule has 3 aromatic rings. The fourth-order valence-corrected chi connectivity index (χ4v) is 3.50. The third-order valence-electron chi connectivity index (χ3n) is 4.41. The van der Waals surface area contributed by atoms with Crippen LogP contribution in [0.2, 0.25) is 5.02 Å². The average Bonchev–Trinajstić information content (AvgIpc) is 3.15. The summed E-state index contributed by atoms with van der Waals surface area (Å²) in [5.41, 5.74) is 1.93. The van der Waals surface area contributed by atoms with Crippen molar-refractivity contribution in [2.75, 3.05) is 0 Å². The summed E-state index contributed by atoms with van der Waals surface area (Å²) in [4.78, 5) is 29.0. The molecule has 0 spiro atoms. The number of aliphatic imine (C=N–C) groups is 1. The molecule has 5 nitrogen and oxygen atoms in total. The highest BCUT2D eigenvalue weighted by molar-refractivity contribution is 9.10. The van der Waals surface area contributed by atoms with Crippen molar-refractivity contribution in [2.24, 2.45) is 4.99 Å². The minimum Gasteiger partial charge on any atom is -0.423 e. The van der Waals surface area contributed by atoms with Gasteiger partial charge in [0.15, 0.2) is 5.70 Å². The van der Waals surface area contributed by atoms with Crippen LogP contribution in [0.15, 0.2) is 94.0 Å². The zero-order chi connectivity index (χ0) is 22.5. The summed E-state index contributed by atoms with van der Waals surface area (Å²) in [5, 5.41) is 0.419. The van der Waals surface area contributed by atoms with E-state index in [1.54, 1.807) is 48.5 Å². The Labute approximate surface area is 197 Å². The second-order valence-corrected chi connectivity index (χ2v) is 7.99. The number of cyclic esters (lactones) is 1. The van der Waals surface area contributed by atoms with Gasteiger partial charge in [-0.25, -0.2) is 14.6 Å². The minimum atomic E-state index is -0.624. The van der Waals surface area contributed by atoms with Crippen LogP contribution in [0.4, 0.5) is 0 Å². The van der Waals surface area contributed by atoms with Gasteiger partial charge >= 0.3 is 11.9 Å². The van der Waals surface area contributed by atoms with Crippen LogP contribution in [0.3, 0.4) is 0 Å². The predicted molar refractivity (Wildman–Crippen MR) is 127 cm³/mol. The van der Waals surface area contributed by atoms with Gasteiger partial charge in [0.05, 0.1) is 10.6 Å². The van der Waals surface area contributed by atoms with E-state index in [9.17, 15) is 9.59 Å². The molecule has 0 amide bonds. The second-order valence-electron chi connectivity index (χ2n) is 6.66. The van der Waals surface area contributed by atoms with Crippen molar-refractivity contribution in [3.05, 3.63) is 111 Å². The molecule has 158 valence electrons. The molecule has 0 unspecified atom stereocenters. The molecule has 0 radical (unpaired) electrons. The zero-order valence-corrected chi connectivity index (χ0v) is 18.8. The Kier molecular flexibility index (Phi) is 6.63. The van der Waals surface area contributed by atoms with Gasteiger partial charge in [0.25, 0.3) is 0 Å². The van der Waals surface area contributed by atoms with Crippen molar-refractivity contribution in [1.82, 2.24) is 0 Å². The maximum absolute atomic E-state index is 12.4. The molecule has 0 aliphatic carbocycles. The minimum absolute atomic E-state index is 0.0650. The lowest BCUT2D eigenvalue weighted by Gasteiger charge is -2.06. The summed E-state index contributed by atoms with van der Waals surface area (Å²) < 4.78 is 11.5. The number of rotatable bonds is 5. The van der Waals surface area contributed by atoms with Crippen LogP contribution in [0.25, 0.3) is 12.2 Å². The quantitative estimate of drug-likeness (QED) is 0.238. The van der Waals surface area contributed by atoms with Crippen LogP contribution in [0, 0.1) is 0 Å². The zero-order valence-electron chi connectivity index (χ0n) is 16.5. The molecular weight excluding hydrogens is 494 g/mol. The average molecular weight is 509 g/mol. The standard InChI is InChI=1S/C25H15BrClNO4/c26-18-11-12-22(31-23(29)13-10-16-6-2-1-3-7-16)17(14-18)15-21-25(30)32-24(28-21)19-8-4-5-9-20(19)27/h1-15H/b13-10+,21-15-. The molecule has 0 aromatic heterocycles. The lowest BCUT2D eigenvalue weighted by molar-refractivity contribution is -0.130. The fraction of sp³-hybridized carbons (Fsp3) is 0. The van der Waals surface area contributed by atoms with Gasteiger partial charge < -0.3 is 9.47 Å². The molecule has 0 N–H and O–H groups in total. The first-order chi connectivity index (χ1) is 15.5. The summed E-state index contributed by atoms with van der Waals surface area (Å²) in [6.45, 7) is 0. The van der Waals surface area contributed by atoms with Crippen LogP contribution in [0.5, 0.6) is 5.75 Å². The summed E-state index contributed by atoms with van der Waals surface area (Å²) in [7, 11) is 0. The number of halogens is 2. The molecule has 3 aromatic carbocycles. The van der Waals surface area contributed by atoms with Crippen LogP contribution in [0.1, 0.15) is 16.7 Å². The summed E-state index contributed by atoms with van der Waals surface area (Å²) in [6, 6.07) is 21.4. The third kappa shape index (κ3) is 5.22. The Morgan fingerprint density at radius 1 is 1.03 bits per heavy atom. The van der Waals surface area contributed by atoms with Gasteiger partial charge in [-0.3, -0.25) is 0 Å². The lowest BCUT2D eigenvalue weighted by Crippen LogP contribution is -2.06. The van der Waals surface area contributed by atoms with Crippen LogP contribution in [-0.2, 0) is 14.3 Å². The normalized spacial score (nSPS) is 14.5. The highest BCUT2D eigenvalue weighted by Gasteiger charge is 2.26. The van der Waals surface area contributed by atoms with Gasteiger partial charge in [0.1, 0.15) is 5.75 Å². The maximum Gasteiger partial charge on any atom is 0.363 e. The number of hydrogen-bond acceptors (Lipinski definition) is 5. The first-order valence-electron chi connectivity index (χ1n) is 9.51. The number of benzene rings is 3. The van der Waals surface area contributed by atoms with Crippen molar-refractivity contribution in [3.63, 3.8) is 0 Å². The first-order valence-corrected chi connectivity index (χ1v) is 10.7. The van der Waals surface area contributed by atoms with E-state index in [-0.39, 0.29) is 17.3 Å². The largest absolute Gasteiger partial charge is 0.423 e. The molecule has 1 aliphatic rings. The van der Waals surface area contributed by atoms with E-state index in [4.69, 9.17) is 21.1 Å². The molecular formula is C25H15BrClNO4. The first kappa shape index (κ1) is 21.7. The monoisotopic (exact) mass is 507 g/mol. The Morgan fingerprint density at radius 3 is 2.56 bits per heavy atom.